The minimum Gasteiger partial charge on any atom is -0.314 e. The van der Waals surface area contributed by atoms with Gasteiger partial charge in [0.15, 0.2) is 0 Å². The molecule has 1 aliphatic rings. The molecule has 4 nitrogen and oxygen atoms in total. The van der Waals surface area contributed by atoms with Crippen molar-refractivity contribution in [3.8, 4) is 0 Å². The fourth-order valence-corrected chi connectivity index (χ4v) is 2.58. The number of rotatable bonds is 9. The summed E-state index contributed by atoms with van der Waals surface area (Å²) in [6.45, 7) is 3.47. The average Bonchev–Trinajstić information content (AvgIpc) is 2.98. The molecule has 0 aliphatic heterocycles. The minimum absolute atomic E-state index is 0.263. The van der Waals surface area contributed by atoms with E-state index in [-0.39, 0.29) is 5.75 Å². The minimum atomic E-state index is -3.01. The first-order valence-corrected chi connectivity index (χ1v) is 7.50. The molecule has 2 N–H and O–H groups in total. The van der Waals surface area contributed by atoms with Crippen molar-refractivity contribution in [1.82, 2.24) is 10.0 Å². The second kappa shape index (κ2) is 6.45. The maximum absolute atomic E-state index is 11.4. The topological polar surface area (TPSA) is 58.2 Å². The summed E-state index contributed by atoms with van der Waals surface area (Å²) in [6, 6.07) is 0.710. The van der Waals surface area contributed by atoms with Crippen LogP contribution in [0, 0.1) is 0 Å². The van der Waals surface area contributed by atoms with E-state index < -0.39 is 10.0 Å². The van der Waals surface area contributed by atoms with Crippen molar-refractivity contribution in [1.29, 1.82) is 0 Å². The Kier molecular flexibility index (Phi) is 5.56. The van der Waals surface area contributed by atoms with Crippen molar-refractivity contribution in [2.75, 3.05) is 18.8 Å². The third-order valence-electron chi connectivity index (χ3n) is 2.45. The average molecular weight is 234 g/mol. The molecule has 0 atom stereocenters. The zero-order chi connectivity index (χ0) is 11.1. The van der Waals surface area contributed by atoms with Gasteiger partial charge in [-0.15, -0.1) is 0 Å². The number of nitrogens with one attached hydrogen (secondary N) is 2. The zero-order valence-corrected chi connectivity index (χ0v) is 10.3. The Morgan fingerprint density at radius 1 is 1.20 bits per heavy atom. The molecule has 0 aromatic rings. The summed E-state index contributed by atoms with van der Waals surface area (Å²) in [7, 11) is -3.01. The molecule has 0 aromatic heterocycles. The maximum Gasteiger partial charge on any atom is 0.211 e. The van der Waals surface area contributed by atoms with E-state index >= 15 is 0 Å². The molecule has 0 heterocycles. The number of hydrogen-bond donors (Lipinski definition) is 2. The lowest BCUT2D eigenvalue weighted by Gasteiger charge is -2.06. The van der Waals surface area contributed by atoms with Crippen LogP contribution < -0.4 is 10.0 Å². The third-order valence-corrected chi connectivity index (χ3v) is 3.92. The Morgan fingerprint density at radius 2 is 1.93 bits per heavy atom. The van der Waals surface area contributed by atoms with E-state index in [0.29, 0.717) is 12.6 Å². The van der Waals surface area contributed by atoms with Gasteiger partial charge in [0.05, 0.1) is 5.75 Å². The van der Waals surface area contributed by atoms with Crippen LogP contribution >= 0.6 is 0 Å². The van der Waals surface area contributed by atoms with Crippen LogP contribution in [0.3, 0.4) is 0 Å². The summed E-state index contributed by atoms with van der Waals surface area (Å²) in [6.07, 6.45) is 5.10. The first kappa shape index (κ1) is 12.9. The van der Waals surface area contributed by atoms with E-state index in [9.17, 15) is 8.42 Å². The summed E-state index contributed by atoms with van der Waals surface area (Å²) in [5, 5.41) is 3.35. The van der Waals surface area contributed by atoms with Crippen molar-refractivity contribution in [3.05, 3.63) is 0 Å². The van der Waals surface area contributed by atoms with Gasteiger partial charge in [-0.05, 0) is 32.2 Å². The van der Waals surface area contributed by atoms with Crippen LogP contribution in [0.2, 0.25) is 0 Å². The lowest BCUT2D eigenvalue weighted by atomic mass is 10.4. The van der Waals surface area contributed by atoms with Crippen LogP contribution in [0.5, 0.6) is 0 Å². The van der Waals surface area contributed by atoms with Crippen LogP contribution in [0.1, 0.15) is 39.0 Å². The second-order valence-corrected chi connectivity index (χ2v) is 6.08. The molecular formula is C10H22N2O2S. The first-order valence-electron chi connectivity index (χ1n) is 5.85. The monoisotopic (exact) mass is 234 g/mol. The van der Waals surface area contributed by atoms with E-state index in [1.54, 1.807) is 0 Å². The fourth-order valence-electron chi connectivity index (χ4n) is 1.32. The Bertz CT molecular complexity index is 261. The molecular weight excluding hydrogens is 212 g/mol. The Hall–Kier alpha value is -0.130. The Labute approximate surface area is 92.9 Å². The molecule has 1 rings (SSSR count). The number of unbranched alkanes of at least 4 members (excludes halogenated alkanes) is 1. The summed E-state index contributed by atoms with van der Waals surface area (Å²) in [4.78, 5) is 0. The van der Waals surface area contributed by atoms with Gasteiger partial charge >= 0.3 is 0 Å². The van der Waals surface area contributed by atoms with Crippen molar-refractivity contribution < 1.29 is 8.42 Å². The highest BCUT2D eigenvalue weighted by molar-refractivity contribution is 7.89. The maximum atomic E-state index is 11.4. The van der Waals surface area contributed by atoms with Gasteiger partial charge in [-0.25, -0.2) is 13.1 Å². The SMILES string of the molecule is CCCCS(=O)(=O)NCCCNC1CC1. The summed E-state index contributed by atoms with van der Waals surface area (Å²) >= 11 is 0. The number of hydrogen-bond acceptors (Lipinski definition) is 3. The molecule has 0 unspecified atom stereocenters. The van der Waals surface area contributed by atoms with Gasteiger partial charge in [0, 0.05) is 12.6 Å². The Morgan fingerprint density at radius 3 is 2.53 bits per heavy atom. The molecule has 90 valence electrons. The van der Waals surface area contributed by atoms with Crippen molar-refractivity contribution >= 4 is 10.0 Å². The predicted octanol–water partition coefficient (Wildman–Crippen LogP) is 0.848. The molecule has 1 fully saturated rings. The summed E-state index contributed by atoms with van der Waals surface area (Å²) in [5.41, 5.74) is 0. The molecule has 1 aliphatic carbocycles. The van der Waals surface area contributed by atoms with E-state index in [2.05, 4.69) is 10.0 Å². The van der Waals surface area contributed by atoms with Gasteiger partial charge in [0.25, 0.3) is 0 Å². The van der Waals surface area contributed by atoms with E-state index in [4.69, 9.17) is 0 Å². The number of sulfonamides is 1. The van der Waals surface area contributed by atoms with Crippen molar-refractivity contribution in [2.24, 2.45) is 0 Å². The molecule has 0 spiro atoms. The molecule has 0 saturated heterocycles. The van der Waals surface area contributed by atoms with Gasteiger partial charge in [0.1, 0.15) is 0 Å². The molecule has 5 heteroatoms. The first-order chi connectivity index (χ1) is 7.14. The third kappa shape index (κ3) is 6.87. The second-order valence-electron chi connectivity index (χ2n) is 4.15. The summed E-state index contributed by atoms with van der Waals surface area (Å²) in [5.74, 6) is 0.263. The Balaban J connectivity index is 1.96. The van der Waals surface area contributed by atoms with Gasteiger partial charge in [-0.3, -0.25) is 0 Å². The molecule has 0 bridgehead atoms. The van der Waals surface area contributed by atoms with Crippen LogP contribution in [-0.2, 0) is 10.0 Å². The van der Waals surface area contributed by atoms with Crippen LogP contribution in [0.4, 0.5) is 0 Å². The molecule has 0 amide bonds. The predicted molar refractivity (Wildman–Crippen MR) is 62.3 cm³/mol. The lowest BCUT2D eigenvalue weighted by molar-refractivity contribution is 0.570. The zero-order valence-electron chi connectivity index (χ0n) is 9.46. The van der Waals surface area contributed by atoms with Crippen LogP contribution in [0.25, 0.3) is 0 Å². The van der Waals surface area contributed by atoms with Crippen molar-refractivity contribution in [3.63, 3.8) is 0 Å². The standard InChI is InChI=1S/C10H22N2O2S/c1-2-3-9-15(13,14)12-8-4-7-11-10-5-6-10/h10-12H,2-9H2,1H3. The fraction of sp³-hybridized carbons (Fsp3) is 1.00. The van der Waals surface area contributed by atoms with E-state index in [1.165, 1.54) is 12.8 Å². The highest BCUT2D eigenvalue weighted by Gasteiger charge is 2.19. The van der Waals surface area contributed by atoms with Gasteiger partial charge in [-0.2, -0.15) is 0 Å². The smallest absolute Gasteiger partial charge is 0.211 e. The molecule has 0 aromatic carbocycles. The van der Waals surface area contributed by atoms with Gasteiger partial charge < -0.3 is 5.32 Å². The lowest BCUT2D eigenvalue weighted by Crippen LogP contribution is -2.29. The largest absolute Gasteiger partial charge is 0.314 e. The van der Waals surface area contributed by atoms with Crippen LogP contribution in [0.15, 0.2) is 0 Å². The van der Waals surface area contributed by atoms with Crippen LogP contribution in [-0.4, -0.2) is 33.3 Å². The van der Waals surface area contributed by atoms with E-state index in [1.807, 2.05) is 6.92 Å². The summed E-state index contributed by atoms with van der Waals surface area (Å²) < 4.78 is 25.4. The molecule has 0 radical (unpaired) electrons. The highest BCUT2D eigenvalue weighted by Crippen LogP contribution is 2.18. The molecule has 15 heavy (non-hydrogen) atoms. The quantitative estimate of drug-likeness (QED) is 0.581. The van der Waals surface area contributed by atoms with Gasteiger partial charge in [-0.1, -0.05) is 13.3 Å². The van der Waals surface area contributed by atoms with Crippen molar-refractivity contribution in [2.45, 2.75) is 45.1 Å². The van der Waals surface area contributed by atoms with E-state index in [0.717, 1.165) is 25.8 Å². The normalized spacial score (nSPS) is 16.9. The molecule has 1 saturated carbocycles. The highest BCUT2D eigenvalue weighted by atomic mass is 32.2. The van der Waals surface area contributed by atoms with Gasteiger partial charge in [0.2, 0.25) is 10.0 Å².